The molecule has 4 rings (SSSR count). The maximum atomic E-state index is 13.2. The number of rotatable bonds is 10. The summed E-state index contributed by atoms with van der Waals surface area (Å²) in [6, 6.07) is 14.5. The predicted molar refractivity (Wildman–Crippen MR) is 144 cm³/mol. The van der Waals surface area contributed by atoms with Crippen LogP contribution in [-0.4, -0.2) is 22.1 Å². The maximum absolute atomic E-state index is 13.2. The van der Waals surface area contributed by atoms with E-state index in [0.717, 1.165) is 56.3 Å². The van der Waals surface area contributed by atoms with Crippen LogP contribution in [0, 0.1) is 12.7 Å². The van der Waals surface area contributed by atoms with Gasteiger partial charge >= 0.3 is 5.69 Å². The summed E-state index contributed by atoms with van der Waals surface area (Å²) >= 11 is 0. The molecule has 0 aliphatic carbocycles. The summed E-state index contributed by atoms with van der Waals surface area (Å²) in [6.07, 6.45) is 7.73. The van der Waals surface area contributed by atoms with Gasteiger partial charge in [0.15, 0.2) is 0 Å². The monoisotopic (exact) mass is 490 g/mol. The van der Waals surface area contributed by atoms with E-state index in [0.29, 0.717) is 18.4 Å². The Morgan fingerprint density at radius 3 is 2.61 bits per heavy atom. The molecule has 190 valence electrons. The van der Waals surface area contributed by atoms with Gasteiger partial charge < -0.3 is 10.6 Å². The van der Waals surface area contributed by atoms with Gasteiger partial charge in [-0.25, -0.2) is 9.18 Å². The van der Waals surface area contributed by atoms with E-state index in [9.17, 15) is 14.0 Å². The van der Waals surface area contributed by atoms with Crippen LogP contribution in [0.3, 0.4) is 0 Å². The molecule has 1 aliphatic rings. The lowest BCUT2D eigenvalue weighted by molar-refractivity contribution is 0.460. The Labute approximate surface area is 211 Å². The molecule has 0 saturated carbocycles. The van der Waals surface area contributed by atoms with Crippen molar-refractivity contribution in [2.45, 2.75) is 65.0 Å². The molecule has 1 unspecified atom stereocenters. The standard InChI is InChI=1S/C29H35FN4O2/c1-3-21-17-26(13-8-20(21)2)32-27-19-28(35)34(29(36)33-27)16-6-4-5-7-25-18-23(14-15-31-25)22-9-11-24(30)12-10-22/h8-14,17,19,25,31-32H,3-7,15-16,18H2,1-2H3,(H,33,36). The fraction of sp³-hybridized carbons (Fsp3) is 0.379. The van der Waals surface area contributed by atoms with E-state index in [2.05, 4.69) is 35.5 Å². The first-order chi connectivity index (χ1) is 17.4. The van der Waals surface area contributed by atoms with Crippen LogP contribution >= 0.6 is 0 Å². The molecule has 1 aliphatic heterocycles. The second-order valence-electron chi connectivity index (χ2n) is 9.49. The average Bonchev–Trinajstić information content (AvgIpc) is 2.87. The summed E-state index contributed by atoms with van der Waals surface area (Å²) in [5, 5.41) is 6.67. The fourth-order valence-corrected chi connectivity index (χ4v) is 4.80. The van der Waals surface area contributed by atoms with Crippen molar-refractivity contribution in [3.63, 3.8) is 0 Å². The lowest BCUT2D eigenvalue weighted by Gasteiger charge is -2.24. The number of nitrogens with one attached hydrogen (secondary N) is 3. The number of hydrogen-bond acceptors (Lipinski definition) is 4. The molecule has 2 heterocycles. The van der Waals surface area contributed by atoms with Crippen molar-refractivity contribution >= 4 is 17.1 Å². The van der Waals surface area contributed by atoms with E-state index >= 15 is 0 Å². The van der Waals surface area contributed by atoms with Gasteiger partial charge in [0.1, 0.15) is 11.6 Å². The van der Waals surface area contributed by atoms with Crippen LogP contribution in [0.5, 0.6) is 0 Å². The van der Waals surface area contributed by atoms with E-state index in [-0.39, 0.29) is 11.4 Å². The number of aryl methyl sites for hydroxylation is 2. The zero-order valence-corrected chi connectivity index (χ0v) is 21.1. The molecule has 2 aromatic carbocycles. The second-order valence-corrected chi connectivity index (χ2v) is 9.49. The van der Waals surface area contributed by atoms with Gasteiger partial charge in [0.05, 0.1) is 0 Å². The van der Waals surface area contributed by atoms with E-state index in [1.807, 2.05) is 30.3 Å². The molecule has 3 N–H and O–H groups in total. The average molecular weight is 491 g/mol. The molecular formula is C29H35FN4O2. The molecule has 3 aromatic rings. The lowest BCUT2D eigenvalue weighted by Crippen LogP contribution is -2.35. The first-order valence-electron chi connectivity index (χ1n) is 12.8. The number of aromatic nitrogens is 2. The Morgan fingerprint density at radius 2 is 1.86 bits per heavy atom. The Bertz CT molecular complexity index is 1290. The molecule has 6 nitrogen and oxygen atoms in total. The summed E-state index contributed by atoms with van der Waals surface area (Å²) in [5.74, 6) is 0.186. The minimum absolute atomic E-state index is 0.217. The number of nitrogens with zero attached hydrogens (tertiary/aromatic N) is 1. The molecule has 1 atom stereocenters. The van der Waals surface area contributed by atoms with Crippen LogP contribution in [0.1, 0.15) is 55.7 Å². The zero-order valence-electron chi connectivity index (χ0n) is 21.1. The lowest BCUT2D eigenvalue weighted by atomic mass is 9.92. The van der Waals surface area contributed by atoms with Crippen LogP contribution in [0.25, 0.3) is 5.57 Å². The Kier molecular flexibility index (Phi) is 8.54. The van der Waals surface area contributed by atoms with Gasteiger partial charge in [-0.2, -0.15) is 0 Å². The van der Waals surface area contributed by atoms with Crippen molar-refractivity contribution in [1.82, 2.24) is 14.9 Å². The topological polar surface area (TPSA) is 78.9 Å². The number of anilines is 2. The third kappa shape index (κ3) is 6.61. The number of benzene rings is 2. The Balaban J connectivity index is 1.25. The summed E-state index contributed by atoms with van der Waals surface area (Å²) in [7, 11) is 0. The van der Waals surface area contributed by atoms with E-state index in [4.69, 9.17) is 0 Å². The molecule has 0 fully saturated rings. The van der Waals surface area contributed by atoms with Gasteiger partial charge in [-0.05, 0) is 79.1 Å². The minimum Gasteiger partial charge on any atom is -0.342 e. The van der Waals surface area contributed by atoms with E-state index in [1.165, 1.54) is 39.5 Å². The van der Waals surface area contributed by atoms with Gasteiger partial charge in [-0.1, -0.05) is 44.0 Å². The summed E-state index contributed by atoms with van der Waals surface area (Å²) in [4.78, 5) is 27.9. The zero-order chi connectivity index (χ0) is 25.5. The largest absolute Gasteiger partial charge is 0.342 e. The Hall–Kier alpha value is -3.45. The molecule has 0 saturated heterocycles. The molecule has 0 bridgehead atoms. The summed E-state index contributed by atoms with van der Waals surface area (Å²) < 4.78 is 14.5. The smallest absolute Gasteiger partial charge is 0.329 e. The quantitative estimate of drug-likeness (QED) is 0.337. The molecule has 7 heteroatoms. The predicted octanol–water partition coefficient (Wildman–Crippen LogP) is 5.30. The fourth-order valence-electron chi connectivity index (χ4n) is 4.80. The highest BCUT2D eigenvalue weighted by Gasteiger charge is 2.16. The van der Waals surface area contributed by atoms with Crippen molar-refractivity contribution in [3.05, 3.63) is 98.0 Å². The SMILES string of the molecule is CCc1cc(Nc2cc(=O)n(CCCCCC3CC(c4ccc(F)cc4)=CCN3)c(=O)[nH]2)ccc1C. The molecule has 0 amide bonds. The maximum Gasteiger partial charge on any atom is 0.329 e. The minimum atomic E-state index is -0.393. The normalized spacial score (nSPS) is 15.5. The van der Waals surface area contributed by atoms with Gasteiger partial charge in [0, 0.05) is 30.9 Å². The van der Waals surface area contributed by atoms with Crippen LogP contribution < -0.4 is 21.9 Å². The summed E-state index contributed by atoms with van der Waals surface area (Å²) in [6.45, 7) is 5.38. The highest BCUT2D eigenvalue weighted by molar-refractivity contribution is 5.67. The number of hydrogen-bond donors (Lipinski definition) is 3. The third-order valence-corrected chi connectivity index (χ3v) is 6.90. The number of halogens is 1. The van der Waals surface area contributed by atoms with Crippen LogP contribution in [0.2, 0.25) is 0 Å². The third-order valence-electron chi connectivity index (χ3n) is 6.90. The van der Waals surface area contributed by atoms with Gasteiger partial charge in [0.2, 0.25) is 0 Å². The first-order valence-corrected chi connectivity index (χ1v) is 12.8. The second kappa shape index (κ2) is 12.0. The molecule has 0 spiro atoms. The van der Waals surface area contributed by atoms with E-state index in [1.54, 1.807) is 0 Å². The molecule has 36 heavy (non-hydrogen) atoms. The number of unbranched alkanes of at least 4 members (excludes halogenated alkanes) is 2. The van der Waals surface area contributed by atoms with Crippen LogP contribution in [-0.2, 0) is 13.0 Å². The van der Waals surface area contributed by atoms with Crippen molar-refractivity contribution < 1.29 is 4.39 Å². The van der Waals surface area contributed by atoms with Crippen LogP contribution in [0.15, 0.2) is 64.2 Å². The van der Waals surface area contributed by atoms with Crippen molar-refractivity contribution in [2.24, 2.45) is 0 Å². The van der Waals surface area contributed by atoms with Crippen molar-refractivity contribution in [3.8, 4) is 0 Å². The van der Waals surface area contributed by atoms with Gasteiger partial charge in [0.25, 0.3) is 5.56 Å². The van der Waals surface area contributed by atoms with Crippen LogP contribution in [0.4, 0.5) is 15.9 Å². The van der Waals surface area contributed by atoms with Gasteiger partial charge in [-0.15, -0.1) is 0 Å². The number of H-pyrrole nitrogens is 1. The first kappa shape index (κ1) is 25.6. The van der Waals surface area contributed by atoms with Gasteiger partial charge in [-0.3, -0.25) is 14.3 Å². The molecular weight excluding hydrogens is 455 g/mol. The highest BCUT2D eigenvalue weighted by Crippen LogP contribution is 2.25. The number of aromatic amines is 1. The summed E-state index contributed by atoms with van der Waals surface area (Å²) in [5.41, 5.74) is 4.93. The molecule has 0 radical (unpaired) electrons. The Morgan fingerprint density at radius 1 is 1.06 bits per heavy atom. The highest BCUT2D eigenvalue weighted by atomic mass is 19.1. The van der Waals surface area contributed by atoms with Crippen molar-refractivity contribution in [1.29, 1.82) is 0 Å². The molecule has 1 aromatic heterocycles. The van der Waals surface area contributed by atoms with Crippen molar-refractivity contribution in [2.75, 3.05) is 11.9 Å². The van der Waals surface area contributed by atoms with E-state index < -0.39 is 5.69 Å².